The Hall–Kier alpha value is -2.62. The summed E-state index contributed by atoms with van der Waals surface area (Å²) in [6.07, 6.45) is 2.92. The van der Waals surface area contributed by atoms with Gasteiger partial charge in [-0.15, -0.1) is 0 Å². The van der Waals surface area contributed by atoms with E-state index < -0.39 is 0 Å². The van der Waals surface area contributed by atoms with Crippen LogP contribution in [0.2, 0.25) is 0 Å². The van der Waals surface area contributed by atoms with E-state index in [1.165, 1.54) is 12.4 Å². The van der Waals surface area contributed by atoms with Crippen molar-refractivity contribution in [3.05, 3.63) is 48.5 Å². The van der Waals surface area contributed by atoms with Crippen molar-refractivity contribution in [2.24, 2.45) is 9.98 Å². The molecule has 4 nitrogen and oxygen atoms in total. The smallest absolute Gasteiger partial charge is 0.141 e. The van der Waals surface area contributed by atoms with Crippen molar-refractivity contribution >= 4 is 23.8 Å². The van der Waals surface area contributed by atoms with Gasteiger partial charge in [-0.1, -0.05) is 24.3 Å². The Balaban J connectivity index is 2.08. The van der Waals surface area contributed by atoms with E-state index in [1.54, 1.807) is 48.5 Å². The Morgan fingerprint density at radius 2 is 1.06 bits per heavy atom. The number of aliphatic imine (C=N–C) groups is 2. The van der Waals surface area contributed by atoms with Gasteiger partial charge in [0.05, 0.1) is 0 Å². The Morgan fingerprint density at radius 3 is 1.44 bits per heavy atom. The molecule has 90 valence electrons. The van der Waals surface area contributed by atoms with Crippen LogP contribution in [0.25, 0.3) is 0 Å². The van der Waals surface area contributed by atoms with Crippen LogP contribution in [0.4, 0.5) is 11.4 Å². The molecular formula is C14H12N2O2. The lowest BCUT2D eigenvalue weighted by molar-refractivity contribution is 0.476. The number of nitrogens with zero attached hydrogens (tertiary/aromatic N) is 2. The normalized spacial score (nSPS) is 11.3. The third-order valence-corrected chi connectivity index (χ3v) is 2.26. The Morgan fingerprint density at radius 1 is 0.667 bits per heavy atom. The van der Waals surface area contributed by atoms with E-state index in [-0.39, 0.29) is 11.5 Å². The lowest BCUT2D eigenvalue weighted by Crippen LogP contribution is -1.76. The molecule has 2 aromatic carbocycles. The van der Waals surface area contributed by atoms with E-state index in [0.717, 1.165) is 0 Å². The van der Waals surface area contributed by atoms with Gasteiger partial charge in [0.15, 0.2) is 0 Å². The average molecular weight is 240 g/mol. The maximum absolute atomic E-state index is 9.47. The molecule has 2 aromatic rings. The van der Waals surface area contributed by atoms with Crippen LogP contribution in [-0.4, -0.2) is 22.6 Å². The summed E-state index contributed by atoms with van der Waals surface area (Å²) in [6, 6.07) is 13.5. The van der Waals surface area contributed by atoms with Crippen molar-refractivity contribution in [2.75, 3.05) is 0 Å². The first-order valence-electron chi connectivity index (χ1n) is 5.40. The standard InChI is InChI=1S/C14H12N2O2/c17-13-7-3-1-5-11(13)15-9-10-16-12-6-2-4-8-14(12)18/h1-10,17-18H/b15-9+,16-10?. The maximum atomic E-state index is 9.47. The van der Waals surface area contributed by atoms with Crippen LogP contribution >= 0.6 is 0 Å². The summed E-state index contributed by atoms with van der Waals surface area (Å²) in [6.45, 7) is 0. The maximum Gasteiger partial charge on any atom is 0.141 e. The number of para-hydroxylation sites is 4. The van der Waals surface area contributed by atoms with Gasteiger partial charge in [-0.2, -0.15) is 0 Å². The highest BCUT2D eigenvalue weighted by Gasteiger charge is 1.95. The molecule has 0 unspecified atom stereocenters. The quantitative estimate of drug-likeness (QED) is 0.809. The monoisotopic (exact) mass is 240 g/mol. The molecule has 0 aliphatic rings. The van der Waals surface area contributed by atoms with Gasteiger partial charge >= 0.3 is 0 Å². The zero-order valence-corrected chi connectivity index (χ0v) is 9.56. The Bertz CT molecular complexity index is 538. The second kappa shape index (κ2) is 5.63. The third kappa shape index (κ3) is 2.95. The minimum atomic E-state index is 0.115. The van der Waals surface area contributed by atoms with Crippen molar-refractivity contribution in [3.63, 3.8) is 0 Å². The molecule has 0 saturated carbocycles. The first-order chi connectivity index (χ1) is 8.77. The van der Waals surface area contributed by atoms with Crippen LogP contribution in [0.15, 0.2) is 58.5 Å². The molecule has 0 heterocycles. The molecule has 18 heavy (non-hydrogen) atoms. The van der Waals surface area contributed by atoms with Crippen LogP contribution in [0, 0.1) is 0 Å². The molecule has 0 fully saturated rings. The molecule has 0 spiro atoms. The number of benzene rings is 2. The van der Waals surface area contributed by atoms with Crippen molar-refractivity contribution in [3.8, 4) is 11.5 Å². The third-order valence-electron chi connectivity index (χ3n) is 2.26. The molecule has 0 radical (unpaired) electrons. The summed E-state index contributed by atoms with van der Waals surface area (Å²) in [5, 5.41) is 18.9. The minimum absolute atomic E-state index is 0.115. The summed E-state index contributed by atoms with van der Waals surface area (Å²) >= 11 is 0. The summed E-state index contributed by atoms with van der Waals surface area (Å²) in [7, 11) is 0. The van der Waals surface area contributed by atoms with Crippen LogP contribution in [-0.2, 0) is 0 Å². The van der Waals surface area contributed by atoms with E-state index in [9.17, 15) is 10.2 Å². The van der Waals surface area contributed by atoms with E-state index in [4.69, 9.17) is 0 Å². The van der Waals surface area contributed by atoms with Crippen LogP contribution in [0.5, 0.6) is 11.5 Å². The predicted molar refractivity (Wildman–Crippen MR) is 72.5 cm³/mol. The highest BCUT2D eigenvalue weighted by Crippen LogP contribution is 2.25. The van der Waals surface area contributed by atoms with Crippen molar-refractivity contribution < 1.29 is 10.2 Å². The van der Waals surface area contributed by atoms with E-state index in [2.05, 4.69) is 9.98 Å². The fraction of sp³-hybridized carbons (Fsp3) is 0. The fourth-order valence-corrected chi connectivity index (χ4v) is 1.37. The highest BCUT2D eigenvalue weighted by atomic mass is 16.3. The second-order valence-corrected chi connectivity index (χ2v) is 3.53. The molecule has 2 N–H and O–H groups in total. The number of aromatic hydroxyl groups is 2. The number of hydrogen-bond acceptors (Lipinski definition) is 4. The molecule has 0 aliphatic heterocycles. The van der Waals surface area contributed by atoms with Gasteiger partial charge in [0.2, 0.25) is 0 Å². The topological polar surface area (TPSA) is 65.2 Å². The number of rotatable bonds is 3. The van der Waals surface area contributed by atoms with Crippen molar-refractivity contribution in [1.82, 2.24) is 0 Å². The molecular weight excluding hydrogens is 228 g/mol. The molecule has 0 aliphatic carbocycles. The zero-order chi connectivity index (χ0) is 12.8. The van der Waals surface area contributed by atoms with Gasteiger partial charge < -0.3 is 10.2 Å². The summed E-state index contributed by atoms with van der Waals surface area (Å²) in [5.41, 5.74) is 0.947. The van der Waals surface area contributed by atoms with E-state index in [0.29, 0.717) is 11.4 Å². The largest absolute Gasteiger partial charge is 0.506 e. The number of phenols is 2. The van der Waals surface area contributed by atoms with Gasteiger partial charge in [0.1, 0.15) is 22.9 Å². The Labute approximate surface area is 105 Å². The van der Waals surface area contributed by atoms with Gasteiger partial charge in [-0.3, -0.25) is 9.98 Å². The van der Waals surface area contributed by atoms with Crippen LogP contribution in [0.3, 0.4) is 0 Å². The predicted octanol–water partition coefficient (Wildman–Crippen LogP) is 3.20. The first kappa shape index (κ1) is 11.9. The van der Waals surface area contributed by atoms with Crippen LogP contribution < -0.4 is 0 Å². The first-order valence-corrected chi connectivity index (χ1v) is 5.40. The number of hydrogen-bond donors (Lipinski definition) is 2. The molecule has 4 heteroatoms. The molecule has 0 amide bonds. The lowest BCUT2D eigenvalue weighted by atomic mass is 10.3. The van der Waals surface area contributed by atoms with Gasteiger partial charge in [0.25, 0.3) is 0 Å². The number of phenolic OH excluding ortho intramolecular Hbond substituents is 2. The van der Waals surface area contributed by atoms with E-state index >= 15 is 0 Å². The van der Waals surface area contributed by atoms with Gasteiger partial charge in [0, 0.05) is 12.4 Å². The zero-order valence-electron chi connectivity index (χ0n) is 9.56. The second-order valence-electron chi connectivity index (χ2n) is 3.53. The minimum Gasteiger partial charge on any atom is -0.506 e. The SMILES string of the molecule is Oc1ccccc1N=C/C=N/c1ccccc1O. The van der Waals surface area contributed by atoms with Gasteiger partial charge in [-0.25, -0.2) is 0 Å². The van der Waals surface area contributed by atoms with Crippen molar-refractivity contribution in [2.45, 2.75) is 0 Å². The van der Waals surface area contributed by atoms with E-state index in [1.807, 2.05) is 0 Å². The summed E-state index contributed by atoms with van der Waals surface area (Å²) in [4.78, 5) is 8.09. The molecule has 0 atom stereocenters. The summed E-state index contributed by atoms with van der Waals surface area (Å²) in [5.74, 6) is 0.231. The molecule has 0 aromatic heterocycles. The summed E-state index contributed by atoms with van der Waals surface area (Å²) < 4.78 is 0. The lowest BCUT2D eigenvalue weighted by Gasteiger charge is -1.96. The highest BCUT2D eigenvalue weighted by molar-refractivity contribution is 6.17. The molecule has 2 rings (SSSR count). The fourth-order valence-electron chi connectivity index (χ4n) is 1.37. The Kier molecular flexibility index (Phi) is 3.71. The average Bonchev–Trinajstić information content (AvgIpc) is 2.38. The van der Waals surface area contributed by atoms with Gasteiger partial charge in [-0.05, 0) is 24.3 Å². The molecule has 0 bridgehead atoms. The molecule has 0 saturated heterocycles. The van der Waals surface area contributed by atoms with Crippen molar-refractivity contribution in [1.29, 1.82) is 0 Å². The van der Waals surface area contributed by atoms with Crippen LogP contribution in [0.1, 0.15) is 0 Å².